The van der Waals surface area contributed by atoms with Crippen LogP contribution in [0.5, 0.6) is 0 Å². The maximum atomic E-state index is 13.9. The van der Waals surface area contributed by atoms with Crippen LogP contribution in [0.25, 0.3) is 0 Å². The molecule has 1 unspecified atom stereocenters. The molecule has 0 spiro atoms. The van der Waals surface area contributed by atoms with Crippen molar-refractivity contribution in [3.8, 4) is 0 Å². The molecule has 4 nitrogen and oxygen atoms in total. The molecule has 3 aromatic rings. The molecular weight excluding hydrogens is 444 g/mol. The molecule has 0 aliphatic heterocycles. The van der Waals surface area contributed by atoms with Gasteiger partial charge in [0.05, 0.1) is 0 Å². The molecule has 3 aromatic carbocycles. The molecule has 0 aliphatic rings. The monoisotopic (exact) mass is 476 g/mol. The van der Waals surface area contributed by atoms with E-state index in [1.54, 1.807) is 4.90 Å². The minimum Gasteiger partial charge on any atom is -0.352 e. The Morgan fingerprint density at radius 2 is 1.38 bits per heavy atom. The van der Waals surface area contributed by atoms with Crippen LogP contribution in [-0.4, -0.2) is 28.8 Å². The van der Waals surface area contributed by atoms with Crippen molar-refractivity contribution in [1.29, 1.82) is 0 Å². The number of nitrogens with zero attached hydrogens (tertiary/aromatic N) is 1. The summed E-state index contributed by atoms with van der Waals surface area (Å²) >= 11 is 6.44. The van der Waals surface area contributed by atoms with Gasteiger partial charge in [-0.3, -0.25) is 9.59 Å². The zero-order valence-corrected chi connectivity index (χ0v) is 20.8. The predicted molar refractivity (Wildman–Crippen MR) is 139 cm³/mol. The number of hydrogen-bond donors (Lipinski definition) is 1. The number of halogens is 1. The summed E-state index contributed by atoms with van der Waals surface area (Å²) in [5.41, 5.74) is 2.96. The molecule has 0 saturated carbocycles. The first-order valence-corrected chi connectivity index (χ1v) is 12.2. The third-order valence-electron chi connectivity index (χ3n) is 5.90. The van der Waals surface area contributed by atoms with Crippen molar-refractivity contribution in [2.24, 2.45) is 0 Å². The first-order valence-electron chi connectivity index (χ1n) is 11.8. The fourth-order valence-corrected chi connectivity index (χ4v) is 4.40. The van der Waals surface area contributed by atoms with E-state index < -0.39 is 6.04 Å². The van der Waals surface area contributed by atoms with Gasteiger partial charge in [-0.25, -0.2) is 0 Å². The summed E-state index contributed by atoms with van der Waals surface area (Å²) in [4.78, 5) is 28.7. The van der Waals surface area contributed by atoms with Crippen molar-refractivity contribution in [3.63, 3.8) is 0 Å². The number of rotatable bonds is 10. The second kappa shape index (κ2) is 12.4. The topological polar surface area (TPSA) is 49.4 Å². The Labute approximate surface area is 207 Å². The van der Waals surface area contributed by atoms with E-state index in [0.717, 1.165) is 16.7 Å². The average Bonchev–Trinajstić information content (AvgIpc) is 2.84. The third-order valence-corrected chi connectivity index (χ3v) is 6.27. The molecule has 0 fully saturated rings. The van der Waals surface area contributed by atoms with Gasteiger partial charge in [0.15, 0.2) is 0 Å². The normalized spacial score (nSPS) is 11.9. The lowest BCUT2D eigenvalue weighted by molar-refractivity contribution is -0.141. The maximum absolute atomic E-state index is 13.9. The Morgan fingerprint density at radius 1 is 0.853 bits per heavy atom. The van der Waals surface area contributed by atoms with Gasteiger partial charge in [0, 0.05) is 29.9 Å². The molecule has 5 heteroatoms. The van der Waals surface area contributed by atoms with E-state index in [4.69, 9.17) is 11.6 Å². The molecule has 0 heterocycles. The van der Waals surface area contributed by atoms with Crippen LogP contribution >= 0.6 is 11.6 Å². The molecule has 1 N–H and O–H groups in total. The average molecular weight is 477 g/mol. The van der Waals surface area contributed by atoms with Crippen LogP contribution in [0.4, 0.5) is 0 Å². The SMILES string of the molecule is CCC(C(=O)NC(C)C)N(Cc1ccccc1Cl)C(=O)CC(c1ccccc1)c1ccccc1. The van der Waals surface area contributed by atoms with Gasteiger partial charge in [-0.2, -0.15) is 0 Å². The molecule has 0 aliphatic carbocycles. The molecular formula is C29H33ClN2O2. The summed E-state index contributed by atoms with van der Waals surface area (Å²) < 4.78 is 0. The number of hydrogen-bond acceptors (Lipinski definition) is 2. The molecule has 3 rings (SSSR count). The lowest BCUT2D eigenvalue weighted by atomic mass is 9.88. The van der Waals surface area contributed by atoms with E-state index in [0.29, 0.717) is 11.4 Å². The van der Waals surface area contributed by atoms with Gasteiger partial charge in [0.2, 0.25) is 11.8 Å². The second-order valence-electron chi connectivity index (χ2n) is 8.78. The molecule has 178 valence electrons. The van der Waals surface area contributed by atoms with Gasteiger partial charge in [-0.15, -0.1) is 0 Å². The van der Waals surface area contributed by atoms with Gasteiger partial charge in [0.1, 0.15) is 6.04 Å². The highest BCUT2D eigenvalue weighted by Gasteiger charge is 2.31. The Bertz CT molecular complexity index is 1030. The zero-order valence-electron chi connectivity index (χ0n) is 20.1. The number of nitrogens with one attached hydrogen (secondary N) is 1. The number of benzene rings is 3. The van der Waals surface area contributed by atoms with E-state index in [9.17, 15) is 9.59 Å². The van der Waals surface area contributed by atoms with Crippen molar-refractivity contribution in [2.45, 2.75) is 58.2 Å². The molecule has 0 saturated heterocycles. The summed E-state index contributed by atoms with van der Waals surface area (Å²) in [6.07, 6.45) is 0.764. The van der Waals surface area contributed by atoms with E-state index in [2.05, 4.69) is 5.32 Å². The van der Waals surface area contributed by atoms with Crippen LogP contribution in [0.1, 0.15) is 56.2 Å². The molecule has 34 heavy (non-hydrogen) atoms. The lowest BCUT2D eigenvalue weighted by Crippen LogP contribution is -2.50. The van der Waals surface area contributed by atoms with Crippen molar-refractivity contribution in [3.05, 3.63) is 107 Å². The quantitative estimate of drug-likeness (QED) is 0.379. The van der Waals surface area contributed by atoms with Crippen molar-refractivity contribution in [1.82, 2.24) is 10.2 Å². The Morgan fingerprint density at radius 3 is 1.88 bits per heavy atom. The van der Waals surface area contributed by atoms with Crippen LogP contribution in [0.2, 0.25) is 5.02 Å². The Balaban J connectivity index is 1.97. The van der Waals surface area contributed by atoms with Crippen molar-refractivity contribution >= 4 is 23.4 Å². The highest BCUT2D eigenvalue weighted by atomic mass is 35.5. The standard InChI is InChI=1S/C29H33ClN2O2/c1-4-27(29(34)31-21(2)3)32(20-24-17-11-12-18-26(24)30)28(33)19-25(22-13-7-5-8-14-22)23-15-9-6-10-16-23/h5-18,21,25,27H,4,19-20H2,1-3H3,(H,31,34). The molecule has 0 radical (unpaired) electrons. The van der Waals surface area contributed by atoms with Gasteiger partial charge >= 0.3 is 0 Å². The molecule has 0 aromatic heterocycles. The highest BCUT2D eigenvalue weighted by molar-refractivity contribution is 6.31. The van der Waals surface area contributed by atoms with E-state index in [1.165, 1.54) is 0 Å². The Kier molecular flexibility index (Phi) is 9.29. The summed E-state index contributed by atoms with van der Waals surface area (Å²) in [6, 6.07) is 27.0. The van der Waals surface area contributed by atoms with Gasteiger partial charge in [-0.05, 0) is 43.0 Å². The van der Waals surface area contributed by atoms with Crippen molar-refractivity contribution in [2.75, 3.05) is 0 Å². The van der Waals surface area contributed by atoms with Gasteiger partial charge in [-0.1, -0.05) is 97.4 Å². The van der Waals surface area contributed by atoms with Crippen LogP contribution in [0, 0.1) is 0 Å². The summed E-state index contributed by atoms with van der Waals surface area (Å²) in [6.45, 7) is 6.06. The van der Waals surface area contributed by atoms with Crippen LogP contribution in [-0.2, 0) is 16.1 Å². The fourth-order valence-electron chi connectivity index (χ4n) is 4.20. The molecule has 1 atom stereocenters. The minimum absolute atomic E-state index is 0.0137. The van der Waals surface area contributed by atoms with Crippen LogP contribution in [0.15, 0.2) is 84.9 Å². The molecule has 2 amide bonds. The van der Waals surface area contributed by atoms with Gasteiger partial charge in [0.25, 0.3) is 0 Å². The number of carbonyl (C=O) groups excluding carboxylic acids is 2. The summed E-state index contributed by atoms with van der Waals surface area (Å²) in [5.74, 6) is -0.341. The smallest absolute Gasteiger partial charge is 0.243 e. The van der Waals surface area contributed by atoms with Crippen molar-refractivity contribution < 1.29 is 9.59 Å². The zero-order chi connectivity index (χ0) is 24.5. The molecule has 0 bridgehead atoms. The largest absolute Gasteiger partial charge is 0.352 e. The van der Waals surface area contributed by atoms with Crippen LogP contribution in [0.3, 0.4) is 0 Å². The van der Waals surface area contributed by atoms with E-state index >= 15 is 0 Å². The second-order valence-corrected chi connectivity index (χ2v) is 9.19. The first-order chi connectivity index (χ1) is 16.4. The number of amides is 2. The Hall–Kier alpha value is -3.11. The lowest BCUT2D eigenvalue weighted by Gasteiger charge is -2.33. The summed E-state index contributed by atoms with van der Waals surface area (Å²) in [5, 5.41) is 3.57. The summed E-state index contributed by atoms with van der Waals surface area (Å²) in [7, 11) is 0. The fraction of sp³-hybridized carbons (Fsp3) is 0.310. The number of carbonyl (C=O) groups is 2. The van der Waals surface area contributed by atoms with E-state index in [-0.39, 0.29) is 36.7 Å². The minimum atomic E-state index is -0.585. The maximum Gasteiger partial charge on any atom is 0.243 e. The highest BCUT2D eigenvalue weighted by Crippen LogP contribution is 2.30. The van der Waals surface area contributed by atoms with Crippen LogP contribution < -0.4 is 5.32 Å². The predicted octanol–water partition coefficient (Wildman–Crippen LogP) is 6.19. The third kappa shape index (κ3) is 6.71. The van der Waals surface area contributed by atoms with E-state index in [1.807, 2.05) is 106 Å². The first kappa shape index (κ1) is 25.5. The van der Waals surface area contributed by atoms with Gasteiger partial charge < -0.3 is 10.2 Å².